The molecule has 0 aromatic carbocycles. The Morgan fingerprint density at radius 3 is 2.61 bits per heavy atom. The first-order valence-corrected chi connectivity index (χ1v) is 5.40. The van der Waals surface area contributed by atoms with Crippen molar-refractivity contribution < 1.29 is 13.2 Å². The van der Waals surface area contributed by atoms with E-state index in [4.69, 9.17) is 5.26 Å². The molecule has 0 N–H and O–H groups in total. The van der Waals surface area contributed by atoms with Crippen LogP contribution in [-0.4, -0.2) is 18.1 Å². The molecule has 0 saturated heterocycles. The van der Waals surface area contributed by atoms with Crippen molar-refractivity contribution in [3.63, 3.8) is 0 Å². The van der Waals surface area contributed by atoms with Gasteiger partial charge in [0.05, 0.1) is 5.56 Å². The number of anilines is 1. The van der Waals surface area contributed by atoms with Gasteiger partial charge in [-0.25, -0.2) is 4.98 Å². The van der Waals surface area contributed by atoms with Gasteiger partial charge in [0.2, 0.25) is 0 Å². The molecule has 0 spiro atoms. The van der Waals surface area contributed by atoms with Gasteiger partial charge in [-0.05, 0) is 18.6 Å². The molecule has 0 aliphatic carbocycles. The molecule has 3 nitrogen and oxygen atoms in total. The monoisotopic (exact) mass is 253 g/mol. The zero-order valence-corrected chi connectivity index (χ0v) is 9.41. The zero-order valence-electron chi connectivity index (χ0n) is 9.41. The number of halogens is 3. The number of hydrogen-bond acceptors (Lipinski definition) is 3. The van der Waals surface area contributed by atoms with Crippen LogP contribution in [-0.2, 0) is 6.18 Å². The molecular weight excluding hydrogens is 243 g/mol. The maximum absolute atomic E-state index is 12.6. The molecule has 2 rings (SSSR count). The van der Waals surface area contributed by atoms with Gasteiger partial charge < -0.3 is 4.90 Å². The summed E-state index contributed by atoms with van der Waals surface area (Å²) < 4.78 is 37.8. The van der Waals surface area contributed by atoms with Crippen molar-refractivity contribution in [2.45, 2.75) is 12.6 Å². The van der Waals surface area contributed by atoms with Gasteiger partial charge in [0.1, 0.15) is 17.6 Å². The number of aromatic nitrogens is 1. The third kappa shape index (κ3) is 2.45. The zero-order chi connectivity index (χ0) is 13.2. The molecular formula is C12H10F3N3. The first kappa shape index (κ1) is 12.4. The molecule has 0 unspecified atom stereocenters. The lowest BCUT2D eigenvalue weighted by molar-refractivity contribution is -0.141. The number of pyridine rings is 1. The second-order valence-corrected chi connectivity index (χ2v) is 3.88. The molecule has 0 radical (unpaired) electrons. The SMILES string of the molecule is N#Cc1ccc(C(F)(F)F)nc1N1CC=CCC1. The summed E-state index contributed by atoms with van der Waals surface area (Å²) in [5, 5.41) is 8.93. The van der Waals surface area contributed by atoms with Crippen molar-refractivity contribution in [2.75, 3.05) is 18.0 Å². The molecule has 0 fully saturated rings. The molecule has 94 valence electrons. The number of hydrogen-bond donors (Lipinski definition) is 0. The summed E-state index contributed by atoms with van der Waals surface area (Å²) in [6.07, 6.45) is 0.0555. The van der Waals surface area contributed by atoms with Gasteiger partial charge in [-0.2, -0.15) is 18.4 Å². The largest absolute Gasteiger partial charge is 0.433 e. The van der Waals surface area contributed by atoms with Crippen LogP contribution in [0.3, 0.4) is 0 Å². The van der Waals surface area contributed by atoms with E-state index in [9.17, 15) is 13.2 Å². The average molecular weight is 253 g/mol. The van der Waals surface area contributed by atoms with E-state index in [2.05, 4.69) is 4.98 Å². The van der Waals surface area contributed by atoms with Crippen LogP contribution in [0.1, 0.15) is 17.7 Å². The van der Waals surface area contributed by atoms with Gasteiger partial charge in [0.25, 0.3) is 0 Å². The smallest absolute Gasteiger partial charge is 0.351 e. The van der Waals surface area contributed by atoms with Crippen LogP contribution in [0.2, 0.25) is 0 Å². The van der Waals surface area contributed by atoms with Gasteiger partial charge in [-0.15, -0.1) is 0 Å². The third-order valence-corrected chi connectivity index (χ3v) is 2.64. The molecule has 0 amide bonds. The quantitative estimate of drug-likeness (QED) is 0.722. The summed E-state index contributed by atoms with van der Waals surface area (Å²) in [6.45, 7) is 1.04. The van der Waals surface area contributed by atoms with Crippen molar-refractivity contribution in [3.8, 4) is 6.07 Å². The molecule has 1 aromatic heterocycles. The van der Waals surface area contributed by atoms with Gasteiger partial charge in [-0.3, -0.25) is 0 Å². The Hall–Kier alpha value is -2.03. The second-order valence-electron chi connectivity index (χ2n) is 3.88. The maximum atomic E-state index is 12.6. The molecule has 1 aliphatic rings. The van der Waals surface area contributed by atoms with Crippen molar-refractivity contribution in [1.29, 1.82) is 5.26 Å². The Kier molecular flexibility index (Phi) is 3.24. The van der Waals surface area contributed by atoms with E-state index in [1.54, 1.807) is 4.90 Å². The van der Waals surface area contributed by atoms with Gasteiger partial charge in [0, 0.05) is 13.1 Å². The molecule has 0 saturated carbocycles. The fourth-order valence-corrected chi connectivity index (χ4v) is 1.77. The molecule has 1 aliphatic heterocycles. The number of nitrogens with zero attached hydrogens (tertiary/aromatic N) is 3. The minimum atomic E-state index is -4.49. The highest BCUT2D eigenvalue weighted by molar-refractivity contribution is 5.55. The Bertz CT molecular complexity index is 514. The van der Waals surface area contributed by atoms with Crippen molar-refractivity contribution in [1.82, 2.24) is 4.98 Å². The predicted molar refractivity (Wildman–Crippen MR) is 59.9 cm³/mol. The first-order valence-electron chi connectivity index (χ1n) is 5.40. The topological polar surface area (TPSA) is 39.9 Å². The third-order valence-electron chi connectivity index (χ3n) is 2.64. The number of rotatable bonds is 1. The molecule has 1 aromatic rings. The lowest BCUT2D eigenvalue weighted by Gasteiger charge is -2.25. The van der Waals surface area contributed by atoms with Crippen molar-refractivity contribution in [2.24, 2.45) is 0 Å². The van der Waals surface area contributed by atoms with Gasteiger partial charge >= 0.3 is 6.18 Å². The summed E-state index contributed by atoms with van der Waals surface area (Å²) in [6, 6.07) is 3.88. The van der Waals surface area contributed by atoms with Crippen LogP contribution in [0.15, 0.2) is 24.3 Å². The first-order chi connectivity index (χ1) is 8.52. The van der Waals surface area contributed by atoms with Crippen LogP contribution in [0.25, 0.3) is 0 Å². The van der Waals surface area contributed by atoms with Gasteiger partial charge in [0.15, 0.2) is 0 Å². The van der Waals surface area contributed by atoms with E-state index in [1.807, 2.05) is 18.2 Å². The summed E-state index contributed by atoms with van der Waals surface area (Å²) >= 11 is 0. The summed E-state index contributed by atoms with van der Waals surface area (Å²) in [7, 11) is 0. The Labute approximate surface area is 102 Å². The van der Waals surface area contributed by atoms with E-state index in [0.29, 0.717) is 13.1 Å². The van der Waals surface area contributed by atoms with Crippen LogP contribution < -0.4 is 4.90 Å². The van der Waals surface area contributed by atoms with Crippen molar-refractivity contribution >= 4 is 5.82 Å². The highest BCUT2D eigenvalue weighted by Gasteiger charge is 2.33. The molecule has 0 atom stereocenters. The fourth-order valence-electron chi connectivity index (χ4n) is 1.77. The Morgan fingerprint density at radius 2 is 2.06 bits per heavy atom. The molecule has 6 heteroatoms. The maximum Gasteiger partial charge on any atom is 0.433 e. The Balaban J connectivity index is 2.43. The molecule has 0 bridgehead atoms. The minimum absolute atomic E-state index is 0.108. The van der Waals surface area contributed by atoms with Crippen molar-refractivity contribution in [3.05, 3.63) is 35.5 Å². The Morgan fingerprint density at radius 1 is 1.28 bits per heavy atom. The van der Waals surface area contributed by atoms with E-state index in [1.165, 1.54) is 6.07 Å². The normalized spacial score (nSPS) is 15.6. The second kappa shape index (κ2) is 4.69. The van der Waals surface area contributed by atoms with Crippen LogP contribution in [0.4, 0.5) is 19.0 Å². The molecule has 2 heterocycles. The standard InChI is InChI=1S/C12H10F3N3/c13-12(14,15)10-5-4-9(8-16)11(17-10)18-6-2-1-3-7-18/h1-2,4-5H,3,6-7H2. The summed E-state index contributed by atoms with van der Waals surface area (Å²) in [4.78, 5) is 5.26. The van der Waals surface area contributed by atoms with Crippen LogP contribution in [0.5, 0.6) is 0 Å². The summed E-state index contributed by atoms with van der Waals surface area (Å²) in [5.41, 5.74) is -0.802. The number of alkyl halides is 3. The minimum Gasteiger partial charge on any atom is -0.351 e. The van der Waals surface area contributed by atoms with E-state index < -0.39 is 11.9 Å². The van der Waals surface area contributed by atoms with E-state index in [0.717, 1.165) is 12.5 Å². The fraction of sp³-hybridized carbons (Fsp3) is 0.333. The lowest BCUT2D eigenvalue weighted by atomic mass is 10.2. The van der Waals surface area contributed by atoms with Crippen LogP contribution in [0, 0.1) is 11.3 Å². The van der Waals surface area contributed by atoms with E-state index in [-0.39, 0.29) is 11.4 Å². The number of nitriles is 1. The summed E-state index contributed by atoms with van der Waals surface area (Å²) in [5.74, 6) is 0.108. The lowest BCUT2D eigenvalue weighted by Crippen LogP contribution is -2.29. The average Bonchev–Trinajstić information content (AvgIpc) is 2.38. The van der Waals surface area contributed by atoms with E-state index >= 15 is 0 Å². The van der Waals surface area contributed by atoms with Crippen LogP contribution >= 0.6 is 0 Å². The highest BCUT2D eigenvalue weighted by Crippen LogP contribution is 2.30. The highest BCUT2D eigenvalue weighted by atomic mass is 19.4. The molecule has 18 heavy (non-hydrogen) atoms. The predicted octanol–water partition coefficient (Wildman–Crippen LogP) is 2.74. The van der Waals surface area contributed by atoms with Gasteiger partial charge in [-0.1, -0.05) is 12.2 Å².